The Morgan fingerprint density at radius 2 is 1.67 bits per heavy atom. The molecule has 1 saturated carbocycles. The lowest BCUT2D eigenvalue weighted by atomic mass is 9.84. The molecule has 1 atom stereocenters. The van der Waals surface area contributed by atoms with E-state index in [-0.39, 0.29) is 5.91 Å². The maximum Gasteiger partial charge on any atom is 0.258 e. The molecule has 0 spiro atoms. The molecule has 24 heavy (non-hydrogen) atoms. The summed E-state index contributed by atoms with van der Waals surface area (Å²) >= 11 is 0. The van der Waals surface area contributed by atoms with Gasteiger partial charge in [-0.15, -0.1) is 0 Å². The highest BCUT2D eigenvalue weighted by Gasteiger charge is 2.20. The lowest BCUT2D eigenvalue weighted by Gasteiger charge is -2.22. The molecule has 0 radical (unpaired) electrons. The van der Waals surface area contributed by atoms with E-state index in [9.17, 15) is 4.79 Å². The van der Waals surface area contributed by atoms with E-state index in [0.29, 0.717) is 5.92 Å². The second kappa shape index (κ2) is 8.11. The summed E-state index contributed by atoms with van der Waals surface area (Å²) < 4.78 is 5.38. The van der Waals surface area contributed by atoms with Crippen molar-refractivity contribution in [1.29, 1.82) is 0 Å². The molecule has 1 aliphatic carbocycles. The zero-order valence-corrected chi connectivity index (χ0v) is 14.2. The summed E-state index contributed by atoms with van der Waals surface area (Å²) in [5.74, 6) is 0.536. The topological polar surface area (TPSA) is 38.3 Å². The van der Waals surface area contributed by atoms with E-state index < -0.39 is 6.10 Å². The van der Waals surface area contributed by atoms with Gasteiger partial charge in [-0.25, -0.2) is 0 Å². The fourth-order valence-corrected chi connectivity index (χ4v) is 3.50. The summed E-state index contributed by atoms with van der Waals surface area (Å²) in [6, 6.07) is 17.9. The van der Waals surface area contributed by atoms with Crippen molar-refractivity contribution in [2.24, 2.45) is 0 Å². The lowest BCUT2D eigenvalue weighted by Crippen LogP contribution is -2.22. The molecule has 1 N–H and O–H groups in total. The van der Waals surface area contributed by atoms with Gasteiger partial charge in [-0.05, 0) is 42.0 Å². The molecule has 1 aliphatic rings. The van der Waals surface area contributed by atoms with Crippen molar-refractivity contribution < 1.29 is 9.53 Å². The minimum atomic E-state index is -0.593. The van der Waals surface area contributed by atoms with E-state index in [1.54, 1.807) is 7.11 Å². The van der Waals surface area contributed by atoms with Crippen molar-refractivity contribution >= 4 is 11.6 Å². The highest BCUT2D eigenvalue weighted by atomic mass is 16.5. The zero-order valence-electron chi connectivity index (χ0n) is 14.2. The Morgan fingerprint density at radius 3 is 2.29 bits per heavy atom. The number of carbonyl (C=O) groups excluding carboxylic acids is 1. The molecule has 126 valence electrons. The molecule has 3 nitrogen and oxygen atoms in total. The van der Waals surface area contributed by atoms with Crippen LogP contribution in [0.4, 0.5) is 5.69 Å². The molecule has 2 aromatic carbocycles. The van der Waals surface area contributed by atoms with Crippen molar-refractivity contribution in [3.63, 3.8) is 0 Å². The SMILES string of the molecule is COC(C(=O)Nc1ccc(C2CCCCC2)cc1)c1ccccc1. The van der Waals surface area contributed by atoms with Gasteiger partial charge in [0.1, 0.15) is 0 Å². The maximum absolute atomic E-state index is 12.5. The summed E-state index contributed by atoms with van der Waals surface area (Å²) in [4.78, 5) is 12.5. The number of methoxy groups -OCH3 is 1. The van der Waals surface area contributed by atoms with Gasteiger partial charge in [0.05, 0.1) is 0 Å². The van der Waals surface area contributed by atoms with E-state index in [1.165, 1.54) is 37.7 Å². The number of anilines is 1. The molecular formula is C21H25NO2. The monoisotopic (exact) mass is 323 g/mol. The van der Waals surface area contributed by atoms with Gasteiger partial charge >= 0.3 is 0 Å². The Hall–Kier alpha value is -2.13. The first-order valence-corrected chi connectivity index (χ1v) is 8.76. The normalized spacial score (nSPS) is 16.5. The van der Waals surface area contributed by atoms with Gasteiger partial charge in [0.15, 0.2) is 6.10 Å². The average Bonchev–Trinajstić information content (AvgIpc) is 2.64. The van der Waals surface area contributed by atoms with Gasteiger partial charge in [0.25, 0.3) is 5.91 Å². The second-order valence-corrected chi connectivity index (χ2v) is 6.47. The quantitative estimate of drug-likeness (QED) is 0.835. The summed E-state index contributed by atoms with van der Waals surface area (Å²) in [5.41, 5.74) is 3.06. The van der Waals surface area contributed by atoms with E-state index in [2.05, 4.69) is 17.4 Å². The van der Waals surface area contributed by atoms with Gasteiger partial charge < -0.3 is 10.1 Å². The fraction of sp³-hybridized carbons (Fsp3) is 0.381. The molecule has 2 aromatic rings. The third-order valence-corrected chi connectivity index (χ3v) is 4.83. The van der Waals surface area contributed by atoms with Crippen molar-refractivity contribution in [3.8, 4) is 0 Å². The third-order valence-electron chi connectivity index (χ3n) is 4.83. The van der Waals surface area contributed by atoms with Crippen LogP contribution in [0.1, 0.15) is 55.3 Å². The molecular weight excluding hydrogens is 298 g/mol. The Balaban J connectivity index is 1.65. The lowest BCUT2D eigenvalue weighted by molar-refractivity contribution is -0.126. The number of benzene rings is 2. The van der Waals surface area contributed by atoms with Crippen molar-refractivity contribution in [3.05, 3.63) is 65.7 Å². The van der Waals surface area contributed by atoms with Crippen LogP contribution in [0.5, 0.6) is 0 Å². The number of rotatable bonds is 5. The van der Waals surface area contributed by atoms with E-state index >= 15 is 0 Å². The minimum absolute atomic E-state index is 0.144. The summed E-state index contributed by atoms with van der Waals surface area (Å²) in [5, 5.41) is 2.96. The number of nitrogens with one attached hydrogen (secondary N) is 1. The van der Waals surface area contributed by atoms with Crippen LogP contribution in [0, 0.1) is 0 Å². The van der Waals surface area contributed by atoms with Crippen LogP contribution >= 0.6 is 0 Å². The Kier molecular flexibility index (Phi) is 5.65. The van der Waals surface area contributed by atoms with Crippen LogP contribution in [-0.2, 0) is 9.53 Å². The molecule has 0 saturated heterocycles. The molecule has 0 bridgehead atoms. The van der Waals surface area contributed by atoms with Crippen LogP contribution in [0.2, 0.25) is 0 Å². The van der Waals surface area contributed by atoms with Gasteiger partial charge in [-0.3, -0.25) is 4.79 Å². The first kappa shape index (κ1) is 16.7. The predicted octanol–water partition coefficient (Wildman–Crippen LogP) is 5.06. The van der Waals surface area contributed by atoms with Crippen molar-refractivity contribution in [2.45, 2.75) is 44.1 Å². The van der Waals surface area contributed by atoms with Crippen molar-refractivity contribution in [2.75, 3.05) is 12.4 Å². The molecule has 3 heteroatoms. The standard InChI is InChI=1S/C21H25NO2/c1-24-20(18-10-6-3-7-11-18)21(23)22-19-14-12-17(13-15-19)16-8-4-2-5-9-16/h3,6-7,10-16,20H,2,4-5,8-9H2,1H3,(H,22,23). The van der Waals surface area contributed by atoms with E-state index in [4.69, 9.17) is 4.74 Å². The second-order valence-electron chi connectivity index (χ2n) is 6.47. The Bertz CT molecular complexity index is 645. The highest BCUT2D eigenvalue weighted by molar-refractivity contribution is 5.94. The number of hydrogen-bond acceptors (Lipinski definition) is 2. The van der Waals surface area contributed by atoms with E-state index in [0.717, 1.165) is 11.3 Å². The first-order chi connectivity index (χ1) is 11.8. The largest absolute Gasteiger partial charge is 0.367 e. The summed E-state index contributed by atoms with van der Waals surface area (Å²) in [6.07, 6.45) is 5.99. The van der Waals surface area contributed by atoms with E-state index in [1.807, 2.05) is 42.5 Å². The van der Waals surface area contributed by atoms with Crippen molar-refractivity contribution in [1.82, 2.24) is 0 Å². The summed E-state index contributed by atoms with van der Waals surface area (Å²) in [6.45, 7) is 0. The van der Waals surface area contributed by atoms with Crippen LogP contribution in [0.15, 0.2) is 54.6 Å². The highest BCUT2D eigenvalue weighted by Crippen LogP contribution is 2.33. The zero-order chi connectivity index (χ0) is 16.8. The maximum atomic E-state index is 12.5. The number of amides is 1. The average molecular weight is 323 g/mol. The molecule has 1 amide bonds. The van der Waals surface area contributed by atoms with Crippen LogP contribution in [0.25, 0.3) is 0 Å². The molecule has 0 heterocycles. The minimum Gasteiger partial charge on any atom is -0.367 e. The van der Waals surface area contributed by atoms with Crippen LogP contribution < -0.4 is 5.32 Å². The number of ether oxygens (including phenoxy) is 1. The predicted molar refractivity (Wildman–Crippen MR) is 97.1 cm³/mol. The fourth-order valence-electron chi connectivity index (χ4n) is 3.50. The van der Waals surface area contributed by atoms with Gasteiger partial charge in [0.2, 0.25) is 0 Å². The molecule has 1 fully saturated rings. The Labute approximate surface area is 144 Å². The van der Waals surface area contributed by atoms with Crippen LogP contribution in [-0.4, -0.2) is 13.0 Å². The molecule has 1 unspecified atom stereocenters. The molecule has 0 aromatic heterocycles. The number of hydrogen-bond donors (Lipinski definition) is 1. The first-order valence-electron chi connectivity index (χ1n) is 8.76. The summed E-state index contributed by atoms with van der Waals surface area (Å²) in [7, 11) is 1.56. The third kappa shape index (κ3) is 4.04. The molecule has 3 rings (SSSR count). The smallest absolute Gasteiger partial charge is 0.258 e. The van der Waals surface area contributed by atoms with Gasteiger partial charge in [-0.1, -0.05) is 61.7 Å². The van der Waals surface area contributed by atoms with Gasteiger partial charge in [0, 0.05) is 12.8 Å². The Morgan fingerprint density at radius 1 is 1.00 bits per heavy atom. The van der Waals surface area contributed by atoms with Gasteiger partial charge in [-0.2, -0.15) is 0 Å². The van der Waals surface area contributed by atoms with Crippen LogP contribution in [0.3, 0.4) is 0 Å². The number of carbonyl (C=O) groups is 1. The molecule has 0 aliphatic heterocycles.